The molecule has 3 aromatic heterocycles. The zero-order valence-corrected chi connectivity index (χ0v) is 29.6. The Labute approximate surface area is 281 Å². The summed E-state index contributed by atoms with van der Waals surface area (Å²) in [5, 5.41) is 5.89. The quantitative estimate of drug-likeness (QED) is 0.154. The van der Waals surface area contributed by atoms with Crippen LogP contribution in [0.4, 0.5) is 4.39 Å². The lowest BCUT2D eigenvalue weighted by molar-refractivity contribution is -0.0365. The fraction of sp³-hybridized carbons (Fsp3) is 0.378. The van der Waals surface area contributed by atoms with E-state index in [0.717, 1.165) is 36.1 Å². The number of halogens is 2. The molecule has 10 heteroatoms. The highest BCUT2D eigenvalue weighted by Gasteiger charge is 2.38. The van der Waals surface area contributed by atoms with E-state index in [1.807, 2.05) is 54.1 Å². The van der Waals surface area contributed by atoms with Crippen LogP contribution in [0, 0.1) is 12.7 Å². The number of pyridine rings is 2. The van der Waals surface area contributed by atoms with Gasteiger partial charge in [-0.3, -0.25) is 9.78 Å². The minimum Gasteiger partial charge on any atom is -0.414 e. The molecule has 1 unspecified atom stereocenters. The Bertz CT molecular complexity index is 1980. The van der Waals surface area contributed by atoms with Crippen molar-refractivity contribution >= 4 is 30.8 Å². The van der Waals surface area contributed by atoms with Crippen molar-refractivity contribution in [3.05, 3.63) is 106 Å². The molecule has 1 aliphatic heterocycles. The first-order valence-corrected chi connectivity index (χ1v) is 19.5. The number of benzene rings is 2. The molecule has 0 saturated carbocycles. The Morgan fingerprint density at radius 1 is 1.09 bits per heavy atom. The molecule has 0 aliphatic carbocycles. The Balaban J connectivity index is 1.44. The second-order valence-corrected chi connectivity index (χ2v) is 19.2. The largest absolute Gasteiger partial charge is 0.414 e. The minimum atomic E-state index is -2.13. The summed E-state index contributed by atoms with van der Waals surface area (Å²) < 4.78 is 32.9. The van der Waals surface area contributed by atoms with E-state index in [2.05, 4.69) is 38.8 Å². The summed E-state index contributed by atoms with van der Waals surface area (Å²) in [5.41, 5.74) is 4.18. The number of hydrogen-bond acceptors (Lipinski definition) is 5. The van der Waals surface area contributed by atoms with Gasteiger partial charge in [-0.25, -0.2) is 9.07 Å². The number of aryl methyl sites for hydroxylation is 1. The van der Waals surface area contributed by atoms with Crippen LogP contribution in [0.2, 0.25) is 23.2 Å². The van der Waals surface area contributed by atoms with Crippen LogP contribution in [0.15, 0.2) is 77.9 Å². The number of rotatable bonds is 8. The summed E-state index contributed by atoms with van der Waals surface area (Å²) >= 11 is 6.39. The van der Waals surface area contributed by atoms with Gasteiger partial charge < -0.3 is 13.7 Å². The van der Waals surface area contributed by atoms with Gasteiger partial charge in [-0.2, -0.15) is 5.10 Å². The first-order chi connectivity index (χ1) is 22.3. The third-order valence-corrected chi connectivity index (χ3v) is 14.4. The summed E-state index contributed by atoms with van der Waals surface area (Å²) in [6.45, 7) is 13.8. The van der Waals surface area contributed by atoms with Gasteiger partial charge in [0.1, 0.15) is 11.5 Å². The number of hydrogen-bond donors (Lipinski definition) is 0. The molecule has 0 radical (unpaired) electrons. The van der Waals surface area contributed by atoms with E-state index in [1.165, 1.54) is 6.07 Å². The molecule has 0 spiro atoms. The first kappa shape index (κ1) is 33.3. The standard InChI is InChI=1S/C37H42ClFN4O3Si/c1-24-20-27(15-17-40-24)36-34-30(43(41-36)33-12-7-8-19-45-33)14-13-29(35(34)39)25-16-18-42(32(44)22-25)31(26-10-9-11-28(38)21-26)23-46-47(5,6)37(2,3)4/h9-11,13-18,20-22,31,33H,7-8,12,19,23H2,1-6H3/t31-,33?/m1/s1. The van der Waals surface area contributed by atoms with E-state index in [-0.39, 0.29) is 16.8 Å². The molecule has 47 heavy (non-hydrogen) atoms. The maximum absolute atomic E-state index is 16.8. The monoisotopic (exact) mass is 672 g/mol. The second kappa shape index (κ2) is 13.1. The Kier molecular flexibility index (Phi) is 9.28. The van der Waals surface area contributed by atoms with Crippen molar-refractivity contribution in [1.29, 1.82) is 0 Å². The molecule has 1 fully saturated rings. The fourth-order valence-corrected chi connectivity index (χ4v) is 7.12. The van der Waals surface area contributed by atoms with Gasteiger partial charge in [0.25, 0.3) is 5.56 Å². The molecule has 1 aliphatic rings. The maximum Gasteiger partial charge on any atom is 0.251 e. The average Bonchev–Trinajstić information content (AvgIpc) is 3.43. The van der Waals surface area contributed by atoms with Crippen molar-refractivity contribution in [1.82, 2.24) is 19.3 Å². The molecule has 246 valence electrons. The number of nitrogens with zero attached hydrogens (tertiary/aromatic N) is 4. The lowest BCUT2D eigenvalue weighted by Gasteiger charge is -2.37. The second-order valence-electron chi connectivity index (χ2n) is 13.9. The van der Waals surface area contributed by atoms with E-state index in [9.17, 15) is 4.79 Å². The molecule has 1 saturated heterocycles. The highest BCUT2D eigenvalue weighted by molar-refractivity contribution is 6.74. The van der Waals surface area contributed by atoms with Crippen molar-refractivity contribution in [2.75, 3.05) is 13.2 Å². The molecule has 4 heterocycles. The Hall–Kier alpha value is -3.63. The Morgan fingerprint density at radius 3 is 2.57 bits per heavy atom. The van der Waals surface area contributed by atoms with Crippen molar-refractivity contribution < 1.29 is 13.6 Å². The molecule has 0 N–H and O–H groups in total. The summed E-state index contributed by atoms with van der Waals surface area (Å²) in [4.78, 5) is 18.2. The van der Waals surface area contributed by atoms with Crippen molar-refractivity contribution in [2.45, 2.75) is 77.4 Å². The number of aromatic nitrogens is 4. The molecular weight excluding hydrogens is 631 g/mol. The smallest absolute Gasteiger partial charge is 0.251 e. The predicted molar refractivity (Wildman–Crippen MR) is 189 cm³/mol. The molecule has 2 aromatic carbocycles. The zero-order chi connectivity index (χ0) is 33.5. The van der Waals surface area contributed by atoms with Crippen molar-refractivity contribution in [2.24, 2.45) is 0 Å². The zero-order valence-electron chi connectivity index (χ0n) is 27.9. The third kappa shape index (κ3) is 6.72. The minimum absolute atomic E-state index is 0.00159. The van der Waals surface area contributed by atoms with E-state index in [4.69, 9.17) is 25.9 Å². The fourth-order valence-electron chi connectivity index (χ4n) is 5.92. The molecule has 5 aromatic rings. The van der Waals surface area contributed by atoms with Crippen LogP contribution in [0.3, 0.4) is 0 Å². The average molecular weight is 673 g/mol. The molecule has 7 nitrogen and oxygen atoms in total. The lowest BCUT2D eigenvalue weighted by Crippen LogP contribution is -2.43. The SMILES string of the molecule is Cc1cc(-c2nn(C3CCCCO3)c3ccc(-c4ccn([C@H](CO[Si](C)(C)C(C)(C)C)c5cccc(Cl)c5)c(=O)c4)c(F)c23)ccn1. The van der Waals surface area contributed by atoms with Crippen LogP contribution >= 0.6 is 11.6 Å². The molecule has 2 atom stereocenters. The summed E-state index contributed by atoms with van der Waals surface area (Å²) in [5.74, 6) is -0.432. The number of fused-ring (bicyclic) bond motifs is 1. The van der Waals surface area contributed by atoms with Crippen LogP contribution in [0.1, 0.15) is 63.6 Å². The first-order valence-electron chi connectivity index (χ1n) is 16.2. The van der Waals surface area contributed by atoms with Crippen LogP contribution < -0.4 is 5.56 Å². The molecule has 0 bridgehead atoms. The highest BCUT2D eigenvalue weighted by atomic mass is 35.5. The van der Waals surface area contributed by atoms with Crippen molar-refractivity contribution in [3.8, 4) is 22.4 Å². The Morgan fingerprint density at radius 2 is 1.89 bits per heavy atom. The normalized spacial score (nSPS) is 16.5. The van der Waals surface area contributed by atoms with Gasteiger partial charge in [-0.1, -0.05) is 44.5 Å². The maximum atomic E-state index is 16.8. The molecule has 0 amide bonds. The van der Waals surface area contributed by atoms with Crippen LogP contribution in [-0.2, 0) is 9.16 Å². The summed E-state index contributed by atoms with van der Waals surface area (Å²) in [6, 6.07) is 17.7. The van der Waals surface area contributed by atoms with Gasteiger partial charge in [-0.15, -0.1) is 0 Å². The topological polar surface area (TPSA) is 71.2 Å². The van der Waals surface area contributed by atoms with Gasteiger partial charge in [-0.05, 0) is 97.9 Å². The lowest BCUT2D eigenvalue weighted by atomic mass is 10.0. The summed E-state index contributed by atoms with van der Waals surface area (Å²) in [7, 11) is -2.13. The third-order valence-electron chi connectivity index (χ3n) is 9.65. The van der Waals surface area contributed by atoms with E-state index in [1.54, 1.807) is 29.1 Å². The highest BCUT2D eigenvalue weighted by Crippen LogP contribution is 2.39. The van der Waals surface area contributed by atoms with Gasteiger partial charge >= 0.3 is 0 Å². The van der Waals surface area contributed by atoms with E-state index >= 15 is 4.39 Å². The van der Waals surface area contributed by atoms with Gasteiger partial charge in [0.2, 0.25) is 0 Å². The van der Waals surface area contributed by atoms with Gasteiger partial charge in [0.05, 0.1) is 23.6 Å². The molecular formula is C37H42ClFN4O3Si. The van der Waals surface area contributed by atoms with Crippen LogP contribution in [-0.4, -0.2) is 40.9 Å². The van der Waals surface area contributed by atoms with Crippen molar-refractivity contribution in [3.63, 3.8) is 0 Å². The predicted octanol–water partition coefficient (Wildman–Crippen LogP) is 9.34. The summed E-state index contributed by atoms with van der Waals surface area (Å²) in [6.07, 6.45) is 5.99. The van der Waals surface area contributed by atoms with Crippen LogP contribution in [0.5, 0.6) is 0 Å². The number of ether oxygens (including phenoxy) is 1. The van der Waals surface area contributed by atoms with Gasteiger partial charge in [0.15, 0.2) is 14.5 Å². The van der Waals surface area contributed by atoms with Gasteiger partial charge in [0, 0.05) is 46.9 Å². The molecule has 6 rings (SSSR count). The van der Waals surface area contributed by atoms with E-state index in [0.29, 0.717) is 46.0 Å². The van der Waals surface area contributed by atoms with E-state index < -0.39 is 20.2 Å². The van der Waals surface area contributed by atoms with Crippen LogP contribution in [0.25, 0.3) is 33.3 Å².